The fourth-order valence-corrected chi connectivity index (χ4v) is 2.75. The Kier molecular flexibility index (Phi) is 4.38. The van der Waals surface area contributed by atoms with Gasteiger partial charge in [0, 0.05) is 24.4 Å². The first-order chi connectivity index (χ1) is 11.1. The van der Waals surface area contributed by atoms with E-state index in [-0.39, 0.29) is 5.91 Å². The first kappa shape index (κ1) is 15.2. The normalized spacial score (nSPS) is 10.7. The highest BCUT2D eigenvalue weighted by atomic mass is 32.2. The lowest BCUT2D eigenvalue weighted by Crippen LogP contribution is -2.07. The number of carbonyl (C=O) groups excluding carboxylic acids is 1. The summed E-state index contributed by atoms with van der Waals surface area (Å²) in [5, 5.41) is 19.1. The highest BCUT2D eigenvalue weighted by molar-refractivity contribution is 7.98. The van der Waals surface area contributed by atoms with Crippen molar-refractivity contribution in [3.05, 3.63) is 41.8 Å². The summed E-state index contributed by atoms with van der Waals surface area (Å²) in [5.74, 6) is 1.24. The van der Waals surface area contributed by atoms with Crippen LogP contribution in [0.5, 0.6) is 0 Å². The summed E-state index contributed by atoms with van der Waals surface area (Å²) in [7, 11) is 0. The van der Waals surface area contributed by atoms with Crippen molar-refractivity contribution < 1.29 is 9.32 Å². The van der Waals surface area contributed by atoms with Crippen molar-refractivity contribution in [1.82, 2.24) is 25.4 Å². The van der Waals surface area contributed by atoms with Crippen LogP contribution < -0.4 is 5.32 Å². The lowest BCUT2D eigenvalue weighted by molar-refractivity contribution is -0.114. The molecule has 9 heteroatoms. The van der Waals surface area contributed by atoms with Crippen LogP contribution in [0.3, 0.4) is 0 Å². The van der Waals surface area contributed by atoms with E-state index in [1.54, 1.807) is 10.7 Å². The fraction of sp³-hybridized carbons (Fsp3) is 0.214. The molecule has 1 amide bonds. The molecule has 118 valence electrons. The molecule has 1 aromatic carbocycles. The second-order valence-corrected chi connectivity index (χ2v) is 5.76. The van der Waals surface area contributed by atoms with E-state index in [9.17, 15) is 4.79 Å². The molecule has 0 saturated carbocycles. The Morgan fingerprint density at radius 2 is 2.26 bits per heavy atom. The van der Waals surface area contributed by atoms with Crippen molar-refractivity contribution in [1.29, 1.82) is 0 Å². The van der Waals surface area contributed by atoms with Gasteiger partial charge >= 0.3 is 0 Å². The van der Waals surface area contributed by atoms with E-state index in [2.05, 4.69) is 26.0 Å². The van der Waals surface area contributed by atoms with Crippen LogP contribution in [0.1, 0.15) is 18.4 Å². The van der Waals surface area contributed by atoms with E-state index in [1.165, 1.54) is 18.7 Å². The topological polar surface area (TPSA) is 98.7 Å². The minimum atomic E-state index is -0.130. The van der Waals surface area contributed by atoms with Gasteiger partial charge in [0.15, 0.2) is 0 Å². The first-order valence-corrected chi connectivity index (χ1v) is 7.82. The second-order valence-electron chi connectivity index (χ2n) is 4.82. The third-order valence-corrected chi connectivity index (χ3v) is 3.83. The second kappa shape index (κ2) is 6.61. The zero-order valence-corrected chi connectivity index (χ0v) is 13.4. The van der Waals surface area contributed by atoms with E-state index in [0.717, 1.165) is 17.1 Å². The number of hydrogen-bond donors (Lipinski definition) is 1. The largest absolute Gasteiger partial charge is 0.361 e. The van der Waals surface area contributed by atoms with Crippen LogP contribution in [0, 0.1) is 6.92 Å². The summed E-state index contributed by atoms with van der Waals surface area (Å²) in [5.41, 5.74) is 2.28. The molecule has 0 saturated heterocycles. The number of benzene rings is 1. The van der Waals surface area contributed by atoms with E-state index >= 15 is 0 Å². The van der Waals surface area contributed by atoms with Crippen molar-refractivity contribution in [2.75, 3.05) is 5.32 Å². The van der Waals surface area contributed by atoms with Crippen molar-refractivity contribution >= 4 is 23.4 Å². The third-order valence-electron chi connectivity index (χ3n) is 2.88. The van der Waals surface area contributed by atoms with Crippen molar-refractivity contribution in [3.8, 4) is 5.69 Å². The molecule has 0 aliphatic heterocycles. The van der Waals surface area contributed by atoms with Crippen LogP contribution in [0.15, 0.2) is 40.0 Å². The number of nitrogens with zero attached hydrogens (tertiary/aromatic N) is 5. The number of hydrogen-bond acceptors (Lipinski definition) is 7. The summed E-state index contributed by atoms with van der Waals surface area (Å²) in [6.45, 7) is 3.31. The fourth-order valence-electron chi connectivity index (χ4n) is 1.97. The highest BCUT2D eigenvalue weighted by Crippen LogP contribution is 2.23. The van der Waals surface area contributed by atoms with E-state index < -0.39 is 0 Å². The number of anilines is 1. The van der Waals surface area contributed by atoms with Crippen LogP contribution in [0.25, 0.3) is 5.69 Å². The van der Waals surface area contributed by atoms with Gasteiger partial charge in [-0.3, -0.25) is 4.79 Å². The SMILES string of the molecule is CC(=O)Nc1cccc(-n2nnnc2SCc2cc(C)on2)c1. The lowest BCUT2D eigenvalue weighted by Gasteiger charge is -2.06. The molecule has 8 nitrogen and oxygen atoms in total. The van der Waals surface area contributed by atoms with Gasteiger partial charge in [0.2, 0.25) is 11.1 Å². The molecule has 3 rings (SSSR count). The molecular formula is C14H14N6O2S. The number of thioether (sulfide) groups is 1. The van der Waals surface area contributed by atoms with Crippen LogP contribution in [0.4, 0.5) is 5.69 Å². The molecule has 2 heterocycles. The molecule has 0 aliphatic carbocycles. The first-order valence-electron chi connectivity index (χ1n) is 6.83. The summed E-state index contributed by atoms with van der Waals surface area (Å²) in [6, 6.07) is 9.19. The van der Waals surface area contributed by atoms with Gasteiger partial charge in [-0.25, -0.2) is 0 Å². The van der Waals surface area contributed by atoms with Crippen LogP contribution in [-0.4, -0.2) is 31.3 Å². The Balaban J connectivity index is 1.78. The monoisotopic (exact) mass is 330 g/mol. The molecule has 0 atom stereocenters. The number of tetrazole rings is 1. The summed E-state index contributed by atoms with van der Waals surface area (Å²) in [4.78, 5) is 11.2. The average molecular weight is 330 g/mol. The Morgan fingerprint density at radius 3 is 3.00 bits per heavy atom. The van der Waals surface area contributed by atoms with Gasteiger partial charge in [0.1, 0.15) is 5.76 Å². The molecule has 0 fully saturated rings. The van der Waals surface area contributed by atoms with Gasteiger partial charge in [-0.15, -0.1) is 5.10 Å². The summed E-state index contributed by atoms with van der Waals surface area (Å²) >= 11 is 1.45. The number of amides is 1. The zero-order chi connectivity index (χ0) is 16.2. The Labute approximate surface area is 136 Å². The third kappa shape index (κ3) is 3.75. The minimum absolute atomic E-state index is 0.130. The van der Waals surface area contributed by atoms with Crippen LogP contribution >= 0.6 is 11.8 Å². The van der Waals surface area contributed by atoms with E-state index in [0.29, 0.717) is 16.6 Å². The Bertz CT molecular complexity index is 828. The molecule has 3 aromatic rings. The van der Waals surface area contributed by atoms with Crippen molar-refractivity contribution in [3.63, 3.8) is 0 Å². The molecule has 0 bridgehead atoms. The van der Waals surface area contributed by atoms with Crippen molar-refractivity contribution in [2.24, 2.45) is 0 Å². The van der Waals surface area contributed by atoms with Gasteiger partial charge in [-0.2, -0.15) is 4.68 Å². The maximum absolute atomic E-state index is 11.2. The number of aromatic nitrogens is 5. The minimum Gasteiger partial charge on any atom is -0.361 e. The predicted octanol–water partition coefficient (Wildman–Crippen LogP) is 2.21. The maximum atomic E-state index is 11.2. The van der Waals surface area contributed by atoms with Gasteiger partial charge in [0.25, 0.3) is 0 Å². The van der Waals surface area contributed by atoms with Crippen LogP contribution in [0.2, 0.25) is 0 Å². The number of aryl methyl sites for hydroxylation is 1. The van der Waals surface area contributed by atoms with Gasteiger partial charge in [-0.05, 0) is 35.5 Å². The molecule has 0 unspecified atom stereocenters. The smallest absolute Gasteiger partial charge is 0.221 e. The molecule has 1 N–H and O–H groups in total. The van der Waals surface area contributed by atoms with E-state index in [1.807, 2.05) is 31.2 Å². The standard InChI is InChI=1S/C14H14N6O2S/c1-9-6-12(17-22-9)8-23-14-16-18-19-20(14)13-5-3-4-11(7-13)15-10(2)21/h3-7H,8H2,1-2H3,(H,15,21). The lowest BCUT2D eigenvalue weighted by atomic mass is 10.3. The Morgan fingerprint density at radius 1 is 1.39 bits per heavy atom. The Hall–Kier alpha value is -2.68. The predicted molar refractivity (Wildman–Crippen MR) is 84.3 cm³/mol. The number of rotatable bonds is 5. The quantitative estimate of drug-likeness (QED) is 0.716. The molecule has 0 spiro atoms. The van der Waals surface area contributed by atoms with E-state index in [4.69, 9.17) is 4.52 Å². The maximum Gasteiger partial charge on any atom is 0.221 e. The molecule has 2 aromatic heterocycles. The van der Waals surface area contributed by atoms with Crippen molar-refractivity contribution in [2.45, 2.75) is 24.8 Å². The molecule has 0 radical (unpaired) electrons. The summed E-state index contributed by atoms with van der Waals surface area (Å²) in [6.07, 6.45) is 0. The zero-order valence-electron chi connectivity index (χ0n) is 12.6. The molecule has 0 aliphatic rings. The number of carbonyl (C=O) groups is 1. The van der Waals surface area contributed by atoms with Crippen LogP contribution in [-0.2, 0) is 10.5 Å². The average Bonchev–Trinajstić information content (AvgIpc) is 3.13. The number of nitrogens with one attached hydrogen (secondary N) is 1. The summed E-state index contributed by atoms with van der Waals surface area (Å²) < 4.78 is 6.65. The van der Waals surface area contributed by atoms with Gasteiger partial charge in [-0.1, -0.05) is 23.0 Å². The van der Waals surface area contributed by atoms with Gasteiger partial charge in [0.05, 0.1) is 11.4 Å². The molecule has 23 heavy (non-hydrogen) atoms. The molecular weight excluding hydrogens is 316 g/mol. The van der Waals surface area contributed by atoms with Gasteiger partial charge < -0.3 is 9.84 Å². The highest BCUT2D eigenvalue weighted by Gasteiger charge is 2.11.